The number of carbonyl (C=O) groups is 1. The fourth-order valence-electron chi connectivity index (χ4n) is 4.66. The van der Waals surface area contributed by atoms with Crippen LogP contribution in [0.5, 0.6) is 0 Å². The highest BCUT2D eigenvalue weighted by atomic mass is 19.1. The molecule has 0 spiro atoms. The van der Waals surface area contributed by atoms with E-state index in [9.17, 15) is 9.18 Å². The van der Waals surface area contributed by atoms with Gasteiger partial charge in [-0.1, -0.05) is 5.16 Å². The van der Waals surface area contributed by atoms with Crippen molar-refractivity contribution in [2.24, 2.45) is 0 Å². The number of benzene rings is 1. The Bertz CT molecular complexity index is 1580. The van der Waals surface area contributed by atoms with Crippen molar-refractivity contribution in [3.05, 3.63) is 66.3 Å². The monoisotopic (exact) mass is 516 g/mol. The maximum atomic E-state index is 13.5. The number of nitrogens with zero attached hydrogens (tertiary/aromatic N) is 6. The molecule has 1 aromatic carbocycles. The summed E-state index contributed by atoms with van der Waals surface area (Å²) in [6.45, 7) is 4.73. The normalized spacial score (nSPS) is 14.2. The van der Waals surface area contributed by atoms with Crippen LogP contribution in [0.4, 0.5) is 20.8 Å². The molecule has 2 N–H and O–H groups in total. The minimum absolute atomic E-state index is 0.101. The van der Waals surface area contributed by atoms with Gasteiger partial charge in [0.2, 0.25) is 5.95 Å². The molecule has 5 heterocycles. The molecule has 0 atom stereocenters. The van der Waals surface area contributed by atoms with Gasteiger partial charge < -0.3 is 24.5 Å². The van der Waals surface area contributed by atoms with Crippen LogP contribution in [-0.2, 0) is 0 Å². The van der Waals surface area contributed by atoms with Crippen LogP contribution in [0.2, 0.25) is 0 Å². The Balaban J connectivity index is 1.17. The van der Waals surface area contributed by atoms with Gasteiger partial charge in [-0.05, 0) is 57.0 Å². The number of nitrogens with one attached hydrogen (secondary N) is 2. The van der Waals surface area contributed by atoms with Gasteiger partial charge >= 0.3 is 11.9 Å². The highest BCUT2D eigenvalue weighted by Crippen LogP contribution is 2.32. The van der Waals surface area contributed by atoms with Gasteiger partial charge in [-0.3, -0.25) is 4.40 Å². The third-order valence-electron chi connectivity index (χ3n) is 6.66. The summed E-state index contributed by atoms with van der Waals surface area (Å²) in [6, 6.07) is 7.88. The molecule has 38 heavy (non-hydrogen) atoms. The van der Waals surface area contributed by atoms with E-state index in [2.05, 4.69) is 25.8 Å². The standard InChI is InChI=1S/C26H25FN8O3/c1-15-21(16(2)38-33-15)31-25(36)34-11-8-19(9-12-34)29-24-28-10-7-20(30-24)23-22(17-3-5-18(27)6-4-17)32-26-35(23)13-14-37-26/h3-7,10,13-14,19H,8-9,11-12H2,1-2H3,(H,31,36)(H,28,29,30). The first-order valence-electron chi connectivity index (χ1n) is 12.3. The SMILES string of the molecule is Cc1noc(C)c1NC(=O)N1CCC(Nc2nccc(-c3c(-c4ccc(F)cc4)nc4occn34)n2)CC1. The topological polar surface area (TPSA) is 127 Å². The van der Waals surface area contributed by atoms with Crippen molar-refractivity contribution in [2.45, 2.75) is 32.7 Å². The maximum absolute atomic E-state index is 13.5. The van der Waals surface area contributed by atoms with E-state index < -0.39 is 0 Å². The number of fused-ring (bicyclic) bond motifs is 1. The number of likely N-dealkylation sites (tertiary alicyclic amines) is 1. The maximum Gasteiger partial charge on any atom is 0.321 e. The Morgan fingerprint density at radius 2 is 1.89 bits per heavy atom. The van der Waals surface area contributed by atoms with Gasteiger partial charge in [-0.25, -0.2) is 19.2 Å². The number of hydrogen-bond acceptors (Lipinski definition) is 8. The summed E-state index contributed by atoms with van der Waals surface area (Å²) in [5.41, 5.74) is 4.01. The predicted octanol–water partition coefficient (Wildman–Crippen LogP) is 4.90. The van der Waals surface area contributed by atoms with Crippen molar-refractivity contribution in [3.63, 3.8) is 0 Å². The molecule has 2 amide bonds. The fraction of sp³-hybridized carbons (Fsp3) is 0.269. The van der Waals surface area contributed by atoms with Gasteiger partial charge in [0, 0.05) is 37.1 Å². The molecule has 11 nitrogen and oxygen atoms in total. The number of piperidine rings is 1. The predicted molar refractivity (Wildman–Crippen MR) is 137 cm³/mol. The summed E-state index contributed by atoms with van der Waals surface area (Å²) in [5.74, 6) is 1.15. The first-order valence-corrected chi connectivity index (χ1v) is 12.3. The van der Waals surface area contributed by atoms with E-state index in [1.165, 1.54) is 12.1 Å². The van der Waals surface area contributed by atoms with Crippen LogP contribution in [-0.4, -0.2) is 54.6 Å². The lowest BCUT2D eigenvalue weighted by molar-refractivity contribution is 0.197. The molecule has 194 valence electrons. The lowest BCUT2D eigenvalue weighted by Crippen LogP contribution is -2.44. The lowest BCUT2D eigenvalue weighted by atomic mass is 10.1. The van der Waals surface area contributed by atoms with Crippen LogP contribution in [0.1, 0.15) is 24.3 Å². The first kappa shape index (κ1) is 23.6. The highest BCUT2D eigenvalue weighted by Gasteiger charge is 2.25. The Hall–Kier alpha value is -4.74. The Labute approximate surface area is 216 Å². The van der Waals surface area contributed by atoms with E-state index in [0.29, 0.717) is 53.4 Å². The lowest BCUT2D eigenvalue weighted by Gasteiger charge is -2.32. The highest BCUT2D eigenvalue weighted by molar-refractivity contribution is 5.90. The number of rotatable bonds is 5. The number of anilines is 2. The Kier molecular flexibility index (Phi) is 5.98. The zero-order valence-corrected chi connectivity index (χ0v) is 20.8. The van der Waals surface area contributed by atoms with Crippen molar-refractivity contribution in [3.8, 4) is 22.6 Å². The van der Waals surface area contributed by atoms with Crippen molar-refractivity contribution in [1.82, 2.24) is 29.4 Å². The zero-order chi connectivity index (χ0) is 26.2. The Morgan fingerprint density at radius 1 is 1.11 bits per heavy atom. The molecule has 0 unspecified atom stereocenters. The third-order valence-corrected chi connectivity index (χ3v) is 6.66. The number of oxazole rings is 1. The molecule has 4 aromatic heterocycles. The molecule has 0 saturated carbocycles. The number of carbonyl (C=O) groups excluding carboxylic acids is 1. The van der Waals surface area contributed by atoms with E-state index >= 15 is 0 Å². The van der Waals surface area contributed by atoms with Gasteiger partial charge in [0.25, 0.3) is 0 Å². The van der Waals surface area contributed by atoms with Crippen LogP contribution < -0.4 is 10.6 Å². The number of aromatic nitrogens is 5. The molecule has 0 bridgehead atoms. The first-order chi connectivity index (χ1) is 18.5. The Morgan fingerprint density at radius 3 is 2.63 bits per heavy atom. The third kappa shape index (κ3) is 4.44. The minimum Gasteiger partial charge on any atom is -0.432 e. The second kappa shape index (κ2) is 9.61. The van der Waals surface area contributed by atoms with E-state index in [4.69, 9.17) is 13.9 Å². The summed E-state index contributed by atoms with van der Waals surface area (Å²) in [7, 11) is 0. The van der Waals surface area contributed by atoms with Gasteiger partial charge in [0.05, 0.1) is 5.69 Å². The molecule has 1 saturated heterocycles. The largest absolute Gasteiger partial charge is 0.432 e. The summed E-state index contributed by atoms with van der Waals surface area (Å²) < 4.78 is 26.0. The van der Waals surface area contributed by atoms with Crippen LogP contribution in [0, 0.1) is 19.7 Å². The fourth-order valence-corrected chi connectivity index (χ4v) is 4.66. The summed E-state index contributed by atoms with van der Waals surface area (Å²) in [5, 5.41) is 10.2. The molecule has 6 rings (SSSR count). The molecule has 0 aliphatic carbocycles. The molecule has 12 heteroatoms. The van der Waals surface area contributed by atoms with Gasteiger partial charge in [-0.15, -0.1) is 0 Å². The van der Waals surface area contributed by atoms with Crippen molar-refractivity contribution in [2.75, 3.05) is 23.7 Å². The van der Waals surface area contributed by atoms with Crippen molar-refractivity contribution < 1.29 is 18.1 Å². The molecule has 0 radical (unpaired) electrons. The quantitative estimate of drug-likeness (QED) is 0.338. The number of urea groups is 1. The summed E-state index contributed by atoms with van der Waals surface area (Å²) >= 11 is 0. The number of hydrogen-bond donors (Lipinski definition) is 2. The molecular formula is C26H25FN8O3. The van der Waals surface area contributed by atoms with Gasteiger partial charge in [0.15, 0.2) is 5.76 Å². The van der Waals surface area contributed by atoms with Crippen molar-refractivity contribution >= 4 is 23.5 Å². The molecule has 1 aliphatic heterocycles. The molecule has 1 aliphatic rings. The van der Waals surface area contributed by atoms with E-state index in [0.717, 1.165) is 24.1 Å². The summed E-state index contributed by atoms with van der Waals surface area (Å²) in [4.78, 5) is 28.3. The number of aryl methyl sites for hydroxylation is 2. The smallest absolute Gasteiger partial charge is 0.321 e. The van der Waals surface area contributed by atoms with Crippen molar-refractivity contribution in [1.29, 1.82) is 0 Å². The summed E-state index contributed by atoms with van der Waals surface area (Å²) in [6.07, 6.45) is 6.48. The van der Waals surface area contributed by atoms with Gasteiger partial charge in [-0.2, -0.15) is 4.98 Å². The van der Waals surface area contributed by atoms with E-state index in [1.54, 1.807) is 60.0 Å². The number of imidazole rings is 1. The molecular weight excluding hydrogens is 491 g/mol. The average Bonchev–Trinajstić information content (AvgIpc) is 3.61. The molecule has 5 aromatic rings. The van der Waals surface area contributed by atoms with Crippen LogP contribution in [0.3, 0.4) is 0 Å². The second-order valence-electron chi connectivity index (χ2n) is 9.17. The zero-order valence-electron chi connectivity index (χ0n) is 20.8. The number of halogens is 1. The van der Waals surface area contributed by atoms with Crippen LogP contribution >= 0.6 is 0 Å². The minimum atomic E-state index is -0.320. The van der Waals surface area contributed by atoms with Crippen LogP contribution in [0.25, 0.3) is 28.5 Å². The number of amides is 2. The second-order valence-corrected chi connectivity index (χ2v) is 9.17. The average molecular weight is 517 g/mol. The van der Waals surface area contributed by atoms with E-state index in [1.807, 2.05) is 0 Å². The molecule has 1 fully saturated rings. The van der Waals surface area contributed by atoms with Gasteiger partial charge in [0.1, 0.15) is 34.8 Å². The van der Waals surface area contributed by atoms with Crippen LogP contribution in [0.15, 0.2) is 57.9 Å². The van der Waals surface area contributed by atoms with E-state index in [-0.39, 0.29) is 17.9 Å².